The number of fused-ring (bicyclic) bond motifs is 1. The molecule has 3 rings (SSSR count). The summed E-state index contributed by atoms with van der Waals surface area (Å²) in [5, 5.41) is 0. The van der Waals surface area contributed by atoms with Crippen LogP contribution in [0.5, 0.6) is 0 Å². The molecule has 0 spiro atoms. The van der Waals surface area contributed by atoms with E-state index in [4.69, 9.17) is 0 Å². The lowest BCUT2D eigenvalue weighted by atomic mass is 10.1. The maximum Gasteiger partial charge on any atom is 0.266 e. The Kier molecular flexibility index (Phi) is 2.45. The number of benzene rings is 1. The lowest BCUT2D eigenvalue weighted by Crippen LogP contribution is -2.29. The highest BCUT2D eigenvalue weighted by Crippen LogP contribution is 2.27. The molecule has 0 unspecified atom stereocenters. The van der Waals surface area contributed by atoms with Crippen LogP contribution in [0.1, 0.15) is 31.2 Å². The Balaban J connectivity index is 2.06. The van der Waals surface area contributed by atoms with Crippen molar-refractivity contribution in [3.8, 4) is 0 Å². The third-order valence-corrected chi connectivity index (χ3v) is 2.94. The Labute approximate surface area is 108 Å². The summed E-state index contributed by atoms with van der Waals surface area (Å²) >= 11 is 0. The molecule has 1 aromatic carbocycles. The van der Waals surface area contributed by atoms with Crippen LogP contribution >= 0.6 is 0 Å². The van der Waals surface area contributed by atoms with Crippen LogP contribution in [0.3, 0.4) is 0 Å². The zero-order valence-electron chi connectivity index (χ0n) is 9.74. The lowest BCUT2D eigenvalue weighted by Gasteiger charge is -2.12. The summed E-state index contributed by atoms with van der Waals surface area (Å²) in [6, 6.07) is 9.64. The Bertz CT molecular complexity index is 657. The van der Waals surface area contributed by atoms with Crippen LogP contribution < -0.4 is 4.90 Å². The summed E-state index contributed by atoms with van der Waals surface area (Å²) in [6.07, 6.45) is 1.94. The second-order valence-electron chi connectivity index (χ2n) is 4.05. The van der Waals surface area contributed by atoms with Crippen molar-refractivity contribution in [2.45, 2.75) is 0 Å². The van der Waals surface area contributed by atoms with E-state index in [1.54, 1.807) is 24.3 Å². The number of hydrogen-bond acceptors (Lipinski definition) is 4. The van der Waals surface area contributed by atoms with E-state index in [0.717, 1.165) is 4.90 Å². The summed E-state index contributed by atoms with van der Waals surface area (Å²) < 4.78 is 0. The Morgan fingerprint density at radius 1 is 0.947 bits per heavy atom. The van der Waals surface area contributed by atoms with Crippen molar-refractivity contribution in [2.24, 2.45) is 0 Å². The number of amides is 2. The molecule has 2 amide bonds. The minimum atomic E-state index is -0.374. The molecule has 2 heterocycles. The second kappa shape index (κ2) is 4.13. The second-order valence-corrected chi connectivity index (χ2v) is 4.05. The highest BCUT2D eigenvalue weighted by atomic mass is 16.2. The number of carbonyl (C=O) groups excluding carboxylic acids is 3. The van der Waals surface area contributed by atoms with Gasteiger partial charge in [0, 0.05) is 0 Å². The number of rotatable bonds is 2. The van der Waals surface area contributed by atoms with Gasteiger partial charge in [-0.25, -0.2) is 4.90 Å². The molecule has 0 saturated heterocycles. The van der Waals surface area contributed by atoms with E-state index < -0.39 is 0 Å². The molecule has 92 valence electrons. The molecule has 1 aromatic heterocycles. The summed E-state index contributed by atoms with van der Waals surface area (Å²) in [7, 11) is 0. The highest BCUT2D eigenvalue weighted by molar-refractivity contribution is 6.34. The normalized spacial score (nSPS) is 13.6. The lowest BCUT2D eigenvalue weighted by molar-refractivity contribution is 0.0925. The van der Waals surface area contributed by atoms with E-state index in [1.807, 2.05) is 0 Å². The SMILES string of the molecule is O=Cc1ccc(N2C(=O)c3ccccc3C2=O)cn1. The van der Waals surface area contributed by atoms with E-state index in [9.17, 15) is 14.4 Å². The highest BCUT2D eigenvalue weighted by Gasteiger charge is 2.36. The summed E-state index contributed by atoms with van der Waals surface area (Å²) in [6.45, 7) is 0. The number of anilines is 1. The molecule has 0 atom stereocenters. The zero-order chi connectivity index (χ0) is 13.4. The smallest absolute Gasteiger partial charge is 0.266 e. The number of carbonyl (C=O) groups is 3. The Morgan fingerprint density at radius 2 is 1.58 bits per heavy atom. The van der Waals surface area contributed by atoms with E-state index in [-0.39, 0.29) is 17.5 Å². The predicted octanol–water partition coefficient (Wildman–Crippen LogP) is 1.69. The molecule has 0 saturated carbocycles. The van der Waals surface area contributed by atoms with Gasteiger partial charge in [-0.3, -0.25) is 19.4 Å². The first kappa shape index (κ1) is 11.3. The summed E-state index contributed by atoms with van der Waals surface area (Å²) in [5.74, 6) is -0.748. The van der Waals surface area contributed by atoms with Crippen molar-refractivity contribution >= 4 is 23.8 Å². The van der Waals surface area contributed by atoms with Gasteiger partial charge in [0.15, 0.2) is 6.29 Å². The quantitative estimate of drug-likeness (QED) is 0.602. The van der Waals surface area contributed by atoms with E-state index in [2.05, 4.69) is 4.98 Å². The molecule has 1 aliphatic rings. The number of aromatic nitrogens is 1. The van der Waals surface area contributed by atoms with Crippen LogP contribution in [0.25, 0.3) is 0 Å². The van der Waals surface area contributed by atoms with Crippen LogP contribution in [0, 0.1) is 0 Å². The zero-order valence-corrected chi connectivity index (χ0v) is 9.74. The monoisotopic (exact) mass is 252 g/mol. The van der Waals surface area contributed by atoms with Gasteiger partial charge in [0.25, 0.3) is 11.8 Å². The molecule has 5 heteroatoms. The van der Waals surface area contributed by atoms with Crippen molar-refractivity contribution < 1.29 is 14.4 Å². The minimum Gasteiger partial charge on any atom is -0.296 e. The van der Waals surface area contributed by atoms with Crippen LogP contribution in [-0.2, 0) is 0 Å². The third kappa shape index (κ3) is 1.63. The van der Waals surface area contributed by atoms with Gasteiger partial charge in [-0.2, -0.15) is 0 Å². The molecule has 0 bridgehead atoms. The Morgan fingerprint density at radius 3 is 2.05 bits per heavy atom. The van der Waals surface area contributed by atoms with Gasteiger partial charge in [-0.15, -0.1) is 0 Å². The molecule has 0 N–H and O–H groups in total. The van der Waals surface area contributed by atoms with E-state index >= 15 is 0 Å². The molecule has 0 fully saturated rings. The van der Waals surface area contributed by atoms with Crippen molar-refractivity contribution in [3.05, 3.63) is 59.4 Å². The fourth-order valence-corrected chi connectivity index (χ4v) is 2.02. The summed E-state index contributed by atoms with van der Waals surface area (Å²) in [5.41, 5.74) is 1.37. The molecule has 0 radical (unpaired) electrons. The number of aldehydes is 1. The van der Waals surface area contributed by atoms with Gasteiger partial charge in [-0.1, -0.05) is 12.1 Å². The molecule has 1 aliphatic heterocycles. The van der Waals surface area contributed by atoms with Gasteiger partial charge in [0.05, 0.1) is 23.0 Å². The van der Waals surface area contributed by atoms with Crippen molar-refractivity contribution in [3.63, 3.8) is 0 Å². The molecule has 19 heavy (non-hydrogen) atoms. The van der Waals surface area contributed by atoms with Gasteiger partial charge in [-0.05, 0) is 24.3 Å². The summed E-state index contributed by atoms with van der Waals surface area (Å²) in [4.78, 5) is 39.8. The van der Waals surface area contributed by atoms with Crippen molar-refractivity contribution in [1.29, 1.82) is 0 Å². The van der Waals surface area contributed by atoms with E-state index in [1.165, 1.54) is 18.3 Å². The van der Waals surface area contributed by atoms with Crippen LogP contribution in [0.15, 0.2) is 42.6 Å². The first-order valence-corrected chi connectivity index (χ1v) is 5.61. The van der Waals surface area contributed by atoms with Gasteiger partial charge >= 0.3 is 0 Å². The largest absolute Gasteiger partial charge is 0.296 e. The van der Waals surface area contributed by atoms with Gasteiger partial charge < -0.3 is 0 Å². The standard InChI is InChI=1S/C14H8N2O3/c17-8-9-5-6-10(7-15-9)16-13(18)11-3-1-2-4-12(11)14(16)19/h1-8H. The van der Waals surface area contributed by atoms with Crippen molar-refractivity contribution in [2.75, 3.05) is 4.90 Å². The predicted molar refractivity (Wildman–Crippen MR) is 67.2 cm³/mol. The molecule has 0 aliphatic carbocycles. The van der Waals surface area contributed by atoms with Crippen molar-refractivity contribution in [1.82, 2.24) is 4.98 Å². The minimum absolute atomic E-state index is 0.250. The van der Waals surface area contributed by atoms with Crippen LogP contribution in [-0.4, -0.2) is 23.1 Å². The van der Waals surface area contributed by atoms with Gasteiger partial charge in [0.1, 0.15) is 5.69 Å². The van der Waals surface area contributed by atoms with Gasteiger partial charge in [0.2, 0.25) is 0 Å². The molecular formula is C14H8N2O3. The fourth-order valence-electron chi connectivity index (χ4n) is 2.02. The maximum atomic E-state index is 12.2. The maximum absolute atomic E-state index is 12.2. The molecule has 2 aromatic rings. The van der Waals surface area contributed by atoms with Crippen LogP contribution in [0.2, 0.25) is 0 Å². The fraction of sp³-hybridized carbons (Fsp3) is 0. The first-order valence-electron chi connectivity index (χ1n) is 5.61. The number of hydrogen-bond donors (Lipinski definition) is 0. The third-order valence-electron chi connectivity index (χ3n) is 2.94. The number of imide groups is 1. The molecule has 5 nitrogen and oxygen atoms in total. The van der Waals surface area contributed by atoms with E-state index in [0.29, 0.717) is 23.1 Å². The average molecular weight is 252 g/mol. The molecular weight excluding hydrogens is 244 g/mol. The topological polar surface area (TPSA) is 67.3 Å². The Hall–Kier alpha value is -2.82. The van der Waals surface area contributed by atoms with Crippen LogP contribution in [0.4, 0.5) is 5.69 Å². The number of nitrogens with zero attached hydrogens (tertiary/aromatic N) is 2. The average Bonchev–Trinajstić information content (AvgIpc) is 2.72. The number of pyridine rings is 1. The first-order chi connectivity index (χ1) is 9.22.